The van der Waals surface area contributed by atoms with Crippen molar-refractivity contribution in [2.24, 2.45) is 0 Å². The SMILES string of the molecule is O=C(OC1CN(CCl)C(=O)N1c1nc2cc(F)ccc2s1)c1cc(Br)ccn1. The molecular formula is C17H11BrClFN4O3S. The summed E-state index contributed by atoms with van der Waals surface area (Å²) in [6.07, 6.45) is 0.524. The van der Waals surface area contributed by atoms with Crippen molar-refractivity contribution in [1.82, 2.24) is 14.9 Å². The van der Waals surface area contributed by atoms with Gasteiger partial charge in [-0.25, -0.2) is 28.8 Å². The van der Waals surface area contributed by atoms with Gasteiger partial charge in [0.2, 0.25) is 6.23 Å². The van der Waals surface area contributed by atoms with E-state index in [4.69, 9.17) is 16.3 Å². The van der Waals surface area contributed by atoms with E-state index in [1.807, 2.05) is 0 Å². The first-order chi connectivity index (χ1) is 13.5. The van der Waals surface area contributed by atoms with Crippen LogP contribution in [0.3, 0.4) is 0 Å². The highest BCUT2D eigenvalue weighted by Gasteiger charge is 2.42. The van der Waals surface area contributed by atoms with Crippen LogP contribution in [0.2, 0.25) is 0 Å². The molecule has 4 rings (SSSR count). The summed E-state index contributed by atoms with van der Waals surface area (Å²) in [6.45, 7) is 0.0758. The summed E-state index contributed by atoms with van der Waals surface area (Å²) in [4.78, 5) is 36.1. The summed E-state index contributed by atoms with van der Waals surface area (Å²) in [7, 11) is 0. The largest absolute Gasteiger partial charge is 0.434 e. The Morgan fingerprint density at radius 2 is 2.21 bits per heavy atom. The Morgan fingerprint density at radius 1 is 1.39 bits per heavy atom. The molecule has 0 spiro atoms. The number of rotatable bonds is 4. The van der Waals surface area contributed by atoms with Crippen LogP contribution < -0.4 is 4.90 Å². The average Bonchev–Trinajstić information content (AvgIpc) is 3.21. The molecule has 1 fully saturated rings. The molecule has 28 heavy (non-hydrogen) atoms. The molecule has 1 aliphatic rings. The van der Waals surface area contributed by atoms with Crippen molar-refractivity contribution >= 4 is 66.2 Å². The van der Waals surface area contributed by atoms with Gasteiger partial charge in [0.15, 0.2) is 5.13 Å². The molecule has 1 saturated heterocycles. The van der Waals surface area contributed by atoms with Gasteiger partial charge in [0.1, 0.15) is 11.5 Å². The van der Waals surface area contributed by atoms with Crippen LogP contribution in [0, 0.1) is 5.82 Å². The third-order valence-electron chi connectivity index (χ3n) is 4.00. The molecule has 1 aliphatic heterocycles. The number of amides is 2. The van der Waals surface area contributed by atoms with Gasteiger partial charge in [-0.1, -0.05) is 27.3 Å². The van der Waals surface area contributed by atoms with Gasteiger partial charge in [-0.2, -0.15) is 0 Å². The highest BCUT2D eigenvalue weighted by Crippen LogP contribution is 2.34. The highest BCUT2D eigenvalue weighted by atomic mass is 79.9. The fourth-order valence-electron chi connectivity index (χ4n) is 2.71. The molecule has 2 aromatic heterocycles. The van der Waals surface area contributed by atoms with Crippen LogP contribution in [0.5, 0.6) is 0 Å². The number of alkyl halides is 1. The van der Waals surface area contributed by atoms with E-state index in [1.165, 1.54) is 45.5 Å². The third-order valence-corrected chi connectivity index (χ3v) is 5.82. The number of anilines is 1. The van der Waals surface area contributed by atoms with Gasteiger partial charge in [-0.05, 0) is 24.3 Å². The van der Waals surface area contributed by atoms with Crippen LogP contribution in [-0.4, -0.2) is 45.6 Å². The Labute approximate surface area is 175 Å². The quantitative estimate of drug-likeness (QED) is 0.314. The van der Waals surface area contributed by atoms with Gasteiger partial charge in [0.05, 0.1) is 22.8 Å². The van der Waals surface area contributed by atoms with E-state index in [0.717, 1.165) is 0 Å². The second-order valence-electron chi connectivity index (χ2n) is 5.82. The third kappa shape index (κ3) is 3.54. The van der Waals surface area contributed by atoms with Crippen molar-refractivity contribution in [3.05, 3.63) is 52.5 Å². The van der Waals surface area contributed by atoms with Gasteiger partial charge >= 0.3 is 12.0 Å². The number of halogens is 3. The minimum atomic E-state index is -0.940. The lowest BCUT2D eigenvalue weighted by molar-refractivity contribution is 0.0323. The average molecular weight is 486 g/mol. The summed E-state index contributed by atoms with van der Waals surface area (Å²) < 4.78 is 20.4. The van der Waals surface area contributed by atoms with E-state index in [1.54, 1.807) is 12.1 Å². The first-order valence-corrected chi connectivity index (χ1v) is 10.1. The maximum atomic E-state index is 13.5. The van der Waals surface area contributed by atoms with Gasteiger partial charge in [0.25, 0.3) is 0 Å². The molecule has 1 aromatic carbocycles. The number of pyridine rings is 1. The first-order valence-electron chi connectivity index (χ1n) is 7.99. The standard InChI is InChI=1S/C17H11BrClFN4O3S/c18-9-3-4-21-12(5-9)15(25)27-14-7-23(8-19)17(26)24(14)16-22-11-6-10(20)1-2-13(11)28-16/h1-6,14H,7-8H2. The smallest absolute Gasteiger partial charge is 0.358 e. The number of thiazole rings is 1. The Kier molecular flexibility index (Phi) is 5.17. The number of esters is 1. The number of hydrogen-bond donors (Lipinski definition) is 0. The van der Waals surface area contributed by atoms with Crippen LogP contribution in [-0.2, 0) is 4.74 Å². The summed E-state index contributed by atoms with van der Waals surface area (Å²) in [5.74, 6) is -1.11. The molecule has 144 valence electrons. The molecule has 0 bridgehead atoms. The zero-order valence-corrected chi connectivity index (χ0v) is 17.2. The number of carbonyl (C=O) groups excluding carboxylic acids is 2. The Bertz CT molecular complexity index is 1080. The number of hydrogen-bond acceptors (Lipinski definition) is 6. The normalized spacial score (nSPS) is 16.8. The predicted molar refractivity (Wildman–Crippen MR) is 106 cm³/mol. The minimum Gasteiger partial charge on any atom is -0.434 e. The summed E-state index contributed by atoms with van der Waals surface area (Å²) in [5, 5.41) is 0.290. The fraction of sp³-hybridized carbons (Fsp3) is 0.176. The number of aromatic nitrogens is 2. The number of ether oxygens (including phenoxy) is 1. The molecule has 0 radical (unpaired) electrons. The molecule has 2 amide bonds. The van der Waals surface area contributed by atoms with Crippen LogP contribution in [0.25, 0.3) is 10.2 Å². The number of carbonyl (C=O) groups is 2. The molecule has 1 atom stereocenters. The monoisotopic (exact) mass is 484 g/mol. The maximum absolute atomic E-state index is 13.5. The highest BCUT2D eigenvalue weighted by molar-refractivity contribution is 9.10. The van der Waals surface area contributed by atoms with Crippen LogP contribution in [0.15, 0.2) is 41.0 Å². The van der Waals surface area contributed by atoms with Crippen LogP contribution >= 0.6 is 38.9 Å². The van der Waals surface area contributed by atoms with Crippen molar-refractivity contribution in [3.63, 3.8) is 0 Å². The Hall–Kier alpha value is -2.30. The lowest BCUT2D eigenvalue weighted by atomic mass is 10.3. The van der Waals surface area contributed by atoms with Crippen LogP contribution in [0.4, 0.5) is 14.3 Å². The van der Waals surface area contributed by atoms with E-state index in [0.29, 0.717) is 19.8 Å². The van der Waals surface area contributed by atoms with E-state index in [-0.39, 0.29) is 18.2 Å². The number of fused-ring (bicyclic) bond motifs is 1. The van der Waals surface area contributed by atoms with E-state index < -0.39 is 24.0 Å². The first kappa shape index (κ1) is 19.0. The van der Waals surface area contributed by atoms with E-state index >= 15 is 0 Å². The van der Waals surface area contributed by atoms with Crippen molar-refractivity contribution in [3.8, 4) is 0 Å². The van der Waals surface area contributed by atoms with Gasteiger partial charge in [-0.15, -0.1) is 11.6 Å². The lowest BCUT2D eigenvalue weighted by Gasteiger charge is -2.20. The topological polar surface area (TPSA) is 75.6 Å². The Balaban J connectivity index is 1.66. The molecule has 7 nitrogen and oxygen atoms in total. The van der Waals surface area contributed by atoms with Crippen molar-refractivity contribution in [1.29, 1.82) is 0 Å². The number of urea groups is 1. The zero-order valence-electron chi connectivity index (χ0n) is 14.0. The van der Waals surface area contributed by atoms with Crippen molar-refractivity contribution in [2.75, 3.05) is 17.4 Å². The molecular weight excluding hydrogens is 475 g/mol. The summed E-state index contributed by atoms with van der Waals surface area (Å²) in [5.41, 5.74) is 0.508. The Morgan fingerprint density at radius 3 is 2.96 bits per heavy atom. The minimum absolute atomic E-state index is 0.0714. The van der Waals surface area contributed by atoms with Gasteiger partial charge in [0, 0.05) is 16.7 Å². The second-order valence-corrected chi connectivity index (χ2v) is 7.99. The number of benzene rings is 1. The zero-order chi connectivity index (χ0) is 19.8. The molecule has 0 N–H and O–H groups in total. The molecule has 0 aliphatic carbocycles. The van der Waals surface area contributed by atoms with Crippen LogP contribution in [0.1, 0.15) is 10.5 Å². The maximum Gasteiger partial charge on any atom is 0.358 e. The van der Waals surface area contributed by atoms with E-state index in [9.17, 15) is 14.0 Å². The fourth-order valence-corrected chi connectivity index (χ4v) is 4.23. The predicted octanol–water partition coefficient (Wildman–Crippen LogP) is 4.21. The lowest BCUT2D eigenvalue weighted by Crippen LogP contribution is -2.37. The molecule has 3 heterocycles. The summed E-state index contributed by atoms with van der Waals surface area (Å²) >= 11 is 10.3. The molecule has 1 unspecified atom stereocenters. The second kappa shape index (κ2) is 7.61. The van der Waals surface area contributed by atoms with Gasteiger partial charge in [-0.3, -0.25) is 0 Å². The van der Waals surface area contributed by atoms with E-state index in [2.05, 4.69) is 25.9 Å². The molecule has 3 aromatic rings. The van der Waals surface area contributed by atoms with Crippen molar-refractivity contribution in [2.45, 2.75) is 6.23 Å². The summed E-state index contributed by atoms with van der Waals surface area (Å²) in [6, 6.07) is 6.85. The van der Waals surface area contributed by atoms with Crippen molar-refractivity contribution < 1.29 is 18.7 Å². The van der Waals surface area contributed by atoms with Gasteiger partial charge < -0.3 is 9.64 Å². The molecule has 11 heteroatoms. The number of nitrogens with zero attached hydrogens (tertiary/aromatic N) is 4. The molecule has 0 saturated carbocycles.